The zero-order chi connectivity index (χ0) is 35.2. The summed E-state index contributed by atoms with van der Waals surface area (Å²) in [6, 6.07) is 25.7. The maximum Gasteiger partial charge on any atom is 0.287 e. The third kappa shape index (κ3) is 11.2. The molecule has 8 nitrogen and oxygen atoms in total. The summed E-state index contributed by atoms with van der Waals surface area (Å²) in [5.41, 5.74) is 2.85. The fraction of sp³-hybridized carbons (Fsp3) is 0.231. The molecule has 0 saturated heterocycles. The van der Waals surface area contributed by atoms with Gasteiger partial charge in [0, 0.05) is 37.1 Å². The van der Waals surface area contributed by atoms with Crippen LogP contribution in [0, 0.1) is 11.6 Å². The summed E-state index contributed by atoms with van der Waals surface area (Å²) in [6.45, 7) is 0.350. The average molecular weight is 667 g/mol. The molecule has 4 aromatic rings. The second-order valence-electron chi connectivity index (χ2n) is 11.6. The van der Waals surface area contributed by atoms with Gasteiger partial charge in [0.1, 0.15) is 11.6 Å². The number of unbranched alkanes of at least 4 members (excludes halogenated alkanes) is 2. The van der Waals surface area contributed by atoms with E-state index in [1.165, 1.54) is 12.1 Å². The van der Waals surface area contributed by atoms with Crippen LogP contribution >= 0.6 is 0 Å². The van der Waals surface area contributed by atoms with E-state index in [2.05, 4.69) is 10.6 Å². The average Bonchev–Trinajstić information content (AvgIpc) is 3.09. The van der Waals surface area contributed by atoms with E-state index < -0.39 is 47.8 Å². The van der Waals surface area contributed by atoms with Crippen LogP contribution in [0.3, 0.4) is 0 Å². The Labute approximate surface area is 282 Å². The minimum atomic E-state index is -0.878. The normalized spacial score (nSPS) is 10.7. The molecule has 2 amide bonds. The molecule has 0 aromatic heterocycles. The molecule has 252 valence electrons. The molecule has 10 heteroatoms. The Morgan fingerprint density at radius 1 is 0.490 bits per heavy atom. The summed E-state index contributed by atoms with van der Waals surface area (Å²) in [5, 5.41) is 4.97. The molecule has 0 atom stereocenters. The van der Waals surface area contributed by atoms with Gasteiger partial charge in [-0.25, -0.2) is 8.78 Å². The summed E-state index contributed by atoms with van der Waals surface area (Å²) >= 11 is 0. The lowest BCUT2D eigenvalue weighted by molar-refractivity contribution is -0.137. The van der Waals surface area contributed by atoms with Crippen molar-refractivity contribution in [3.8, 4) is 0 Å². The molecule has 0 saturated carbocycles. The molecule has 49 heavy (non-hydrogen) atoms. The molecule has 2 N–H and O–H groups in total. The first kappa shape index (κ1) is 36.2. The van der Waals surface area contributed by atoms with Gasteiger partial charge in [-0.1, -0.05) is 72.8 Å². The van der Waals surface area contributed by atoms with Crippen LogP contribution in [0.15, 0.2) is 97.1 Å². The van der Waals surface area contributed by atoms with Crippen molar-refractivity contribution < 1.29 is 37.5 Å². The van der Waals surface area contributed by atoms with Gasteiger partial charge in [-0.15, -0.1) is 0 Å². The number of benzene rings is 4. The number of amides is 2. The topological polar surface area (TPSA) is 126 Å². The van der Waals surface area contributed by atoms with Crippen LogP contribution in [0.2, 0.25) is 0 Å². The van der Waals surface area contributed by atoms with E-state index in [4.69, 9.17) is 0 Å². The van der Waals surface area contributed by atoms with Crippen molar-refractivity contribution in [2.24, 2.45) is 0 Å². The van der Waals surface area contributed by atoms with E-state index in [1.54, 1.807) is 84.9 Å². The predicted octanol–water partition coefficient (Wildman–Crippen LogP) is 5.53. The fourth-order valence-corrected chi connectivity index (χ4v) is 5.12. The second-order valence-corrected chi connectivity index (χ2v) is 11.6. The van der Waals surface area contributed by atoms with E-state index in [1.807, 2.05) is 0 Å². The molecule has 0 radical (unpaired) electrons. The number of carbonyl (C=O) groups excluding carboxylic acids is 6. The predicted molar refractivity (Wildman–Crippen MR) is 179 cm³/mol. The van der Waals surface area contributed by atoms with Crippen LogP contribution in [0.4, 0.5) is 8.78 Å². The number of nitrogens with one attached hydrogen (secondary N) is 2. The van der Waals surface area contributed by atoms with Gasteiger partial charge in [-0.2, -0.15) is 0 Å². The van der Waals surface area contributed by atoms with Gasteiger partial charge < -0.3 is 10.6 Å². The van der Waals surface area contributed by atoms with Gasteiger partial charge in [-0.3, -0.25) is 28.8 Å². The monoisotopic (exact) mass is 666 g/mol. The standard InChI is InChI=1S/C39H36F2N2O6/c40-32-16-4-2-12-28(32)20-26-10-8-14-30(22-26)34(44)24-36(46)38(48)42-18-6-1-7-19-43-39(49)37(47)25-35(45)31-15-9-11-27(23-31)21-29-13-3-5-17-33(29)41/h2-5,8-17,22-23H,1,6-7,18-21,24-25H2,(H,42,48)(H,43,49). The first-order chi connectivity index (χ1) is 23.6. The van der Waals surface area contributed by atoms with Crippen molar-refractivity contribution in [2.45, 2.75) is 44.9 Å². The van der Waals surface area contributed by atoms with E-state index in [9.17, 15) is 37.5 Å². The molecule has 4 aromatic carbocycles. The van der Waals surface area contributed by atoms with Crippen molar-refractivity contribution in [1.29, 1.82) is 0 Å². The van der Waals surface area contributed by atoms with Crippen molar-refractivity contribution in [2.75, 3.05) is 13.1 Å². The molecule has 0 heterocycles. The van der Waals surface area contributed by atoms with Gasteiger partial charge in [0.2, 0.25) is 11.6 Å². The van der Waals surface area contributed by atoms with Crippen molar-refractivity contribution in [3.63, 3.8) is 0 Å². The van der Waals surface area contributed by atoms with Gasteiger partial charge in [0.15, 0.2) is 11.6 Å². The summed E-state index contributed by atoms with van der Waals surface area (Å²) in [5.74, 6) is -5.24. The van der Waals surface area contributed by atoms with E-state index in [0.717, 1.165) is 0 Å². The Morgan fingerprint density at radius 2 is 0.898 bits per heavy atom. The van der Waals surface area contributed by atoms with Gasteiger partial charge in [-0.05, 0) is 65.8 Å². The van der Waals surface area contributed by atoms with Crippen LogP contribution in [0.1, 0.15) is 75.1 Å². The first-order valence-corrected chi connectivity index (χ1v) is 15.9. The molecule has 0 aliphatic heterocycles. The van der Waals surface area contributed by atoms with Gasteiger partial charge in [0.25, 0.3) is 11.8 Å². The minimum absolute atomic E-state index is 0.175. The number of rotatable bonds is 18. The Hall–Kier alpha value is -5.64. The lowest BCUT2D eigenvalue weighted by Crippen LogP contribution is -2.33. The highest BCUT2D eigenvalue weighted by Gasteiger charge is 2.20. The largest absolute Gasteiger partial charge is 0.349 e. The second kappa shape index (κ2) is 18.1. The van der Waals surface area contributed by atoms with Crippen LogP contribution in [0.5, 0.6) is 0 Å². The zero-order valence-corrected chi connectivity index (χ0v) is 26.8. The quantitative estimate of drug-likeness (QED) is 0.0623. The Balaban J connectivity index is 1.10. The molecule has 0 aliphatic carbocycles. The minimum Gasteiger partial charge on any atom is -0.349 e. The van der Waals surface area contributed by atoms with Crippen LogP contribution in [-0.2, 0) is 32.0 Å². The summed E-state index contributed by atoms with van der Waals surface area (Å²) in [6.07, 6.45) is 0.875. The lowest BCUT2D eigenvalue weighted by atomic mass is 9.99. The number of hydrogen-bond donors (Lipinski definition) is 2. The number of hydrogen-bond acceptors (Lipinski definition) is 6. The van der Waals surface area contributed by atoms with Crippen LogP contribution in [-0.4, -0.2) is 48.0 Å². The van der Waals surface area contributed by atoms with E-state index in [-0.39, 0.29) is 48.7 Å². The van der Waals surface area contributed by atoms with Crippen molar-refractivity contribution in [3.05, 3.63) is 142 Å². The highest BCUT2D eigenvalue weighted by Crippen LogP contribution is 2.17. The molecule has 0 bridgehead atoms. The number of carbonyl (C=O) groups is 6. The summed E-state index contributed by atoms with van der Waals surface area (Å²) in [7, 11) is 0. The smallest absolute Gasteiger partial charge is 0.287 e. The SMILES string of the molecule is O=C(CC(=O)c1cccc(Cc2ccccc2F)c1)C(=O)NCCCCCNC(=O)C(=O)CC(=O)c1cccc(Cc2ccccc2F)c1. The molecular weight excluding hydrogens is 630 g/mol. The maximum atomic E-state index is 14.0. The van der Waals surface area contributed by atoms with Crippen LogP contribution in [0.25, 0.3) is 0 Å². The molecular formula is C39H36F2N2O6. The van der Waals surface area contributed by atoms with Gasteiger partial charge in [0.05, 0.1) is 12.8 Å². The molecule has 0 fully saturated rings. The van der Waals surface area contributed by atoms with Crippen LogP contribution < -0.4 is 10.6 Å². The Kier molecular flexibility index (Phi) is 13.3. The Bertz CT molecular complexity index is 1720. The molecule has 0 spiro atoms. The maximum absolute atomic E-state index is 14.0. The zero-order valence-electron chi connectivity index (χ0n) is 26.8. The van der Waals surface area contributed by atoms with Crippen molar-refractivity contribution >= 4 is 34.9 Å². The third-order valence-electron chi connectivity index (χ3n) is 7.78. The number of halogens is 2. The van der Waals surface area contributed by atoms with Crippen molar-refractivity contribution in [1.82, 2.24) is 10.6 Å². The Morgan fingerprint density at radius 3 is 1.31 bits per heavy atom. The van der Waals surface area contributed by atoms with E-state index >= 15 is 0 Å². The molecule has 0 unspecified atom stereocenters. The summed E-state index contributed by atoms with van der Waals surface area (Å²) in [4.78, 5) is 74.4. The number of ketones is 4. The first-order valence-electron chi connectivity index (χ1n) is 15.9. The molecule has 0 aliphatic rings. The summed E-state index contributed by atoms with van der Waals surface area (Å²) < 4.78 is 28.0. The molecule has 4 rings (SSSR count). The fourth-order valence-electron chi connectivity index (χ4n) is 5.12. The van der Waals surface area contributed by atoms with E-state index in [0.29, 0.717) is 41.5 Å². The highest BCUT2D eigenvalue weighted by molar-refractivity contribution is 6.40. The number of Topliss-reactive ketones (excluding diaryl/α,β-unsaturated/α-hetero) is 4. The lowest BCUT2D eigenvalue weighted by Gasteiger charge is -2.08. The van der Waals surface area contributed by atoms with Gasteiger partial charge >= 0.3 is 0 Å². The third-order valence-corrected chi connectivity index (χ3v) is 7.78. The highest BCUT2D eigenvalue weighted by atomic mass is 19.1.